The van der Waals surface area contributed by atoms with Crippen LogP contribution in [0.1, 0.15) is 6.92 Å². The smallest absolute Gasteiger partial charge is 0.279 e. The standard InChI is InChI=1S/C26H27FN4O/c1-2-31-24-6-4-3-5-22(24)23-17-20(9-12-25(23)31)28-26(32)18-29-13-15-30(16-14-29)21-10-7-19(27)8-11-21/h3-12,17H,2,13-16,18H2,1H3,(H,28,32)/p+1. The second-order valence-corrected chi connectivity index (χ2v) is 8.43. The van der Waals surface area contributed by atoms with Gasteiger partial charge >= 0.3 is 0 Å². The van der Waals surface area contributed by atoms with E-state index in [0.29, 0.717) is 6.54 Å². The minimum absolute atomic E-state index is 0.0359. The summed E-state index contributed by atoms with van der Waals surface area (Å²) in [5, 5.41) is 5.48. The van der Waals surface area contributed by atoms with E-state index in [4.69, 9.17) is 0 Å². The lowest BCUT2D eigenvalue weighted by Gasteiger charge is -2.33. The first-order valence-corrected chi connectivity index (χ1v) is 11.3. The Kier molecular flexibility index (Phi) is 5.53. The zero-order chi connectivity index (χ0) is 22.1. The van der Waals surface area contributed by atoms with E-state index in [1.54, 1.807) is 0 Å². The number of hydrogen-bond acceptors (Lipinski definition) is 2. The maximum absolute atomic E-state index is 13.2. The van der Waals surface area contributed by atoms with E-state index in [0.717, 1.165) is 44.1 Å². The molecule has 0 unspecified atom stereocenters. The first kappa shape index (κ1) is 20.5. The Morgan fingerprint density at radius 3 is 2.44 bits per heavy atom. The van der Waals surface area contributed by atoms with Crippen LogP contribution in [-0.2, 0) is 11.3 Å². The van der Waals surface area contributed by atoms with Crippen molar-refractivity contribution in [2.75, 3.05) is 42.9 Å². The van der Waals surface area contributed by atoms with Crippen molar-refractivity contribution in [3.05, 3.63) is 72.5 Å². The van der Waals surface area contributed by atoms with Gasteiger partial charge in [-0.05, 0) is 55.5 Å². The molecular weight excluding hydrogens is 403 g/mol. The Morgan fingerprint density at radius 2 is 1.69 bits per heavy atom. The van der Waals surface area contributed by atoms with E-state index in [1.807, 2.05) is 18.2 Å². The molecule has 5 nitrogen and oxygen atoms in total. The van der Waals surface area contributed by atoms with Gasteiger partial charge in [-0.2, -0.15) is 0 Å². The van der Waals surface area contributed by atoms with Crippen molar-refractivity contribution in [1.82, 2.24) is 4.57 Å². The molecule has 164 valence electrons. The Morgan fingerprint density at radius 1 is 0.969 bits per heavy atom. The third kappa shape index (κ3) is 3.94. The van der Waals surface area contributed by atoms with Crippen LogP contribution in [0, 0.1) is 5.82 Å². The van der Waals surface area contributed by atoms with Gasteiger partial charge in [-0.1, -0.05) is 18.2 Å². The third-order valence-electron chi connectivity index (χ3n) is 6.45. The first-order chi connectivity index (χ1) is 15.6. The Bertz CT molecular complexity index is 1260. The Labute approximate surface area is 187 Å². The van der Waals surface area contributed by atoms with Crippen molar-refractivity contribution in [2.45, 2.75) is 13.5 Å². The van der Waals surface area contributed by atoms with E-state index >= 15 is 0 Å². The summed E-state index contributed by atoms with van der Waals surface area (Å²) >= 11 is 0. The summed E-state index contributed by atoms with van der Waals surface area (Å²) in [6.07, 6.45) is 0. The van der Waals surface area contributed by atoms with Gasteiger partial charge in [0, 0.05) is 39.7 Å². The fourth-order valence-electron chi connectivity index (χ4n) is 4.81. The number of hydrogen-bond donors (Lipinski definition) is 2. The predicted octanol–water partition coefficient (Wildman–Crippen LogP) is 3.30. The van der Waals surface area contributed by atoms with Gasteiger partial charge in [-0.3, -0.25) is 4.79 Å². The van der Waals surface area contributed by atoms with Crippen molar-refractivity contribution in [1.29, 1.82) is 0 Å². The van der Waals surface area contributed by atoms with Gasteiger partial charge in [0.25, 0.3) is 5.91 Å². The number of rotatable bonds is 5. The van der Waals surface area contributed by atoms with Crippen molar-refractivity contribution < 1.29 is 14.1 Å². The number of carbonyl (C=O) groups is 1. The molecule has 2 heterocycles. The number of aryl methyl sites for hydroxylation is 1. The summed E-state index contributed by atoms with van der Waals surface area (Å²) in [5.74, 6) is -0.180. The molecule has 1 aliphatic heterocycles. The molecule has 1 aromatic heterocycles. The lowest BCUT2D eigenvalue weighted by molar-refractivity contribution is -0.892. The number of halogens is 1. The number of quaternary nitrogens is 1. The highest BCUT2D eigenvalue weighted by Gasteiger charge is 2.22. The summed E-state index contributed by atoms with van der Waals surface area (Å²) in [6, 6.07) is 21.2. The molecule has 2 N–H and O–H groups in total. The van der Waals surface area contributed by atoms with E-state index in [9.17, 15) is 9.18 Å². The lowest BCUT2D eigenvalue weighted by atomic mass is 10.1. The molecule has 1 fully saturated rings. The van der Waals surface area contributed by atoms with Gasteiger partial charge in [0.15, 0.2) is 6.54 Å². The van der Waals surface area contributed by atoms with Crippen molar-refractivity contribution in [3.8, 4) is 0 Å². The molecule has 5 rings (SSSR count). The fourth-order valence-corrected chi connectivity index (χ4v) is 4.81. The second kappa shape index (κ2) is 8.63. The monoisotopic (exact) mass is 431 g/mol. The number of piperazine rings is 1. The summed E-state index contributed by atoms with van der Waals surface area (Å²) in [5.41, 5.74) is 4.28. The van der Waals surface area contributed by atoms with Crippen LogP contribution in [0.15, 0.2) is 66.7 Å². The number of benzene rings is 3. The molecule has 0 bridgehead atoms. The summed E-state index contributed by atoms with van der Waals surface area (Å²) in [6.45, 7) is 6.99. The van der Waals surface area contributed by atoms with E-state index in [1.165, 1.54) is 38.8 Å². The van der Waals surface area contributed by atoms with Crippen LogP contribution in [0.2, 0.25) is 0 Å². The van der Waals surface area contributed by atoms with Crippen LogP contribution in [0.25, 0.3) is 21.8 Å². The highest BCUT2D eigenvalue weighted by Crippen LogP contribution is 2.30. The average molecular weight is 432 g/mol. The van der Waals surface area contributed by atoms with Gasteiger partial charge in [0.1, 0.15) is 5.82 Å². The number of aromatic nitrogens is 1. The summed E-state index contributed by atoms with van der Waals surface area (Å²) < 4.78 is 15.5. The maximum Gasteiger partial charge on any atom is 0.279 e. The van der Waals surface area contributed by atoms with E-state index in [-0.39, 0.29) is 11.7 Å². The van der Waals surface area contributed by atoms with Crippen molar-refractivity contribution >= 4 is 39.1 Å². The summed E-state index contributed by atoms with van der Waals surface area (Å²) in [4.78, 5) is 16.3. The molecular formula is C26H28FN4O+. The molecule has 1 aliphatic rings. The average Bonchev–Trinajstić information content (AvgIpc) is 3.13. The van der Waals surface area contributed by atoms with Crippen LogP contribution in [0.5, 0.6) is 0 Å². The van der Waals surface area contributed by atoms with Gasteiger partial charge in [0.05, 0.1) is 26.2 Å². The highest BCUT2D eigenvalue weighted by atomic mass is 19.1. The molecule has 4 aromatic rings. The van der Waals surface area contributed by atoms with Gasteiger partial charge < -0.3 is 19.7 Å². The lowest BCUT2D eigenvalue weighted by Crippen LogP contribution is -3.15. The number of fused-ring (bicyclic) bond motifs is 3. The van der Waals surface area contributed by atoms with Gasteiger partial charge in [-0.15, -0.1) is 0 Å². The van der Waals surface area contributed by atoms with E-state index < -0.39 is 0 Å². The normalized spacial score (nSPS) is 14.9. The number of carbonyl (C=O) groups excluding carboxylic acids is 1. The second-order valence-electron chi connectivity index (χ2n) is 8.43. The zero-order valence-electron chi connectivity index (χ0n) is 18.3. The molecule has 0 atom stereocenters. The topological polar surface area (TPSA) is 41.7 Å². The Hall–Kier alpha value is -3.38. The number of para-hydroxylation sites is 1. The first-order valence-electron chi connectivity index (χ1n) is 11.3. The minimum atomic E-state index is -0.216. The number of anilines is 2. The van der Waals surface area contributed by atoms with Crippen LogP contribution in [0.4, 0.5) is 15.8 Å². The molecule has 6 heteroatoms. The van der Waals surface area contributed by atoms with Crippen molar-refractivity contribution in [3.63, 3.8) is 0 Å². The van der Waals surface area contributed by atoms with Crippen LogP contribution in [-0.4, -0.2) is 43.2 Å². The molecule has 3 aromatic carbocycles. The van der Waals surface area contributed by atoms with Gasteiger partial charge in [0.2, 0.25) is 0 Å². The van der Waals surface area contributed by atoms with Crippen molar-refractivity contribution in [2.24, 2.45) is 0 Å². The van der Waals surface area contributed by atoms with Crippen LogP contribution in [0.3, 0.4) is 0 Å². The quantitative estimate of drug-likeness (QED) is 0.509. The Balaban J connectivity index is 1.24. The molecule has 0 radical (unpaired) electrons. The molecule has 1 saturated heterocycles. The number of nitrogens with one attached hydrogen (secondary N) is 2. The number of amides is 1. The molecule has 0 aliphatic carbocycles. The molecule has 32 heavy (non-hydrogen) atoms. The van der Waals surface area contributed by atoms with E-state index in [2.05, 4.69) is 58.1 Å². The van der Waals surface area contributed by atoms with Gasteiger partial charge in [-0.25, -0.2) is 4.39 Å². The number of nitrogens with zero attached hydrogens (tertiary/aromatic N) is 2. The minimum Gasteiger partial charge on any atom is -0.360 e. The molecule has 0 spiro atoms. The SMILES string of the molecule is CCn1c2ccccc2c2cc(NC(=O)C[NH+]3CCN(c4ccc(F)cc4)CC3)ccc21. The zero-order valence-corrected chi connectivity index (χ0v) is 18.3. The maximum atomic E-state index is 13.2. The molecule has 0 saturated carbocycles. The largest absolute Gasteiger partial charge is 0.360 e. The third-order valence-corrected chi connectivity index (χ3v) is 6.45. The fraction of sp³-hybridized carbons (Fsp3) is 0.269. The molecule has 1 amide bonds. The van der Waals surface area contributed by atoms with Crippen LogP contribution < -0.4 is 15.1 Å². The highest BCUT2D eigenvalue weighted by molar-refractivity contribution is 6.09. The summed E-state index contributed by atoms with van der Waals surface area (Å²) in [7, 11) is 0. The predicted molar refractivity (Wildman–Crippen MR) is 128 cm³/mol. The van der Waals surface area contributed by atoms with Crippen LogP contribution >= 0.6 is 0 Å².